The second kappa shape index (κ2) is 3.62. The van der Waals surface area contributed by atoms with E-state index >= 15 is 0 Å². The number of nitrogens with zero attached hydrogens (tertiary/aromatic N) is 2. The average molecular weight is 186 g/mol. The van der Waals surface area contributed by atoms with Crippen molar-refractivity contribution in [2.75, 3.05) is 13.1 Å². The van der Waals surface area contributed by atoms with Gasteiger partial charge in [0.25, 0.3) is 0 Å². The predicted octanol–water partition coefficient (Wildman–Crippen LogP) is 0.902. The monoisotopic (exact) mass is 186 g/mol. The number of rotatable bonds is 1. The minimum atomic E-state index is 0.0265. The van der Waals surface area contributed by atoms with E-state index in [1.165, 1.54) is 0 Å². The van der Waals surface area contributed by atoms with Gasteiger partial charge in [0.2, 0.25) is 6.04 Å². The maximum atomic E-state index is 10.8. The summed E-state index contributed by atoms with van der Waals surface area (Å²) < 4.78 is 0. The molecule has 1 heterocycles. The SMILES string of the molecule is CC(C)(C)N1CCC([N+](N)=O)CC1. The topological polar surface area (TPSA) is 49.3 Å². The lowest BCUT2D eigenvalue weighted by Gasteiger charge is -2.38. The molecule has 2 N–H and O–H groups in total. The Morgan fingerprint density at radius 1 is 1.31 bits per heavy atom. The molecule has 0 radical (unpaired) electrons. The van der Waals surface area contributed by atoms with Gasteiger partial charge in [-0.15, -0.1) is 0 Å². The smallest absolute Gasteiger partial charge is 0.236 e. The predicted molar refractivity (Wildman–Crippen MR) is 52.2 cm³/mol. The Labute approximate surface area is 79.6 Å². The highest BCUT2D eigenvalue weighted by molar-refractivity contribution is 4.81. The summed E-state index contributed by atoms with van der Waals surface area (Å²) in [5.41, 5.74) is 0.216. The Balaban J connectivity index is 2.44. The van der Waals surface area contributed by atoms with E-state index in [1.807, 2.05) is 0 Å². The molecule has 0 unspecified atom stereocenters. The average Bonchev–Trinajstić information content (AvgIpc) is 2.03. The lowest BCUT2D eigenvalue weighted by atomic mass is 9.98. The van der Waals surface area contributed by atoms with E-state index in [1.54, 1.807) is 0 Å². The quantitative estimate of drug-likeness (QED) is 0.376. The number of nitroso groups, excluding NO2 is 1. The van der Waals surface area contributed by atoms with E-state index in [9.17, 15) is 4.91 Å². The number of piperidine rings is 1. The van der Waals surface area contributed by atoms with Gasteiger partial charge in [0.15, 0.2) is 0 Å². The van der Waals surface area contributed by atoms with Crippen LogP contribution in [0.4, 0.5) is 0 Å². The molecule has 0 aliphatic carbocycles. The standard InChI is InChI=1S/C9H20N3O/c1-9(2,3)11-6-4-8(5-7-11)12(10)13/h8H,4-7H2,1-3H3,(H2,10,13)/q+1. The van der Waals surface area contributed by atoms with E-state index in [0.29, 0.717) is 4.87 Å². The normalized spacial score (nSPS) is 21.8. The van der Waals surface area contributed by atoms with Gasteiger partial charge in [-0.25, -0.2) is 0 Å². The molecule has 1 rings (SSSR count). The Morgan fingerprint density at radius 3 is 2.08 bits per heavy atom. The lowest BCUT2D eigenvalue weighted by molar-refractivity contribution is -0.601. The van der Waals surface area contributed by atoms with Gasteiger partial charge in [0.05, 0.1) is 4.91 Å². The van der Waals surface area contributed by atoms with E-state index in [4.69, 9.17) is 5.84 Å². The van der Waals surface area contributed by atoms with Crippen LogP contribution in [-0.2, 0) is 0 Å². The van der Waals surface area contributed by atoms with Crippen LogP contribution < -0.4 is 5.84 Å². The molecule has 0 amide bonds. The van der Waals surface area contributed by atoms with Crippen molar-refractivity contribution in [3.8, 4) is 0 Å². The van der Waals surface area contributed by atoms with Gasteiger partial charge in [-0.05, 0) is 20.8 Å². The Morgan fingerprint density at radius 2 is 1.77 bits per heavy atom. The molecular formula is C9H20N3O+. The van der Waals surface area contributed by atoms with Gasteiger partial charge in [0, 0.05) is 31.5 Å². The van der Waals surface area contributed by atoms with Crippen LogP contribution >= 0.6 is 0 Å². The molecule has 4 nitrogen and oxygen atoms in total. The summed E-state index contributed by atoms with van der Waals surface area (Å²) in [5, 5.41) is 0. The van der Waals surface area contributed by atoms with Crippen molar-refractivity contribution in [2.24, 2.45) is 5.84 Å². The molecule has 1 aliphatic heterocycles. The van der Waals surface area contributed by atoms with Crippen molar-refractivity contribution in [3.05, 3.63) is 4.91 Å². The molecule has 1 saturated heterocycles. The van der Waals surface area contributed by atoms with Crippen LogP contribution in [-0.4, -0.2) is 34.4 Å². The molecule has 0 spiro atoms. The van der Waals surface area contributed by atoms with Crippen molar-refractivity contribution >= 4 is 0 Å². The molecular weight excluding hydrogens is 166 g/mol. The summed E-state index contributed by atoms with van der Waals surface area (Å²) in [7, 11) is 0. The zero-order valence-electron chi connectivity index (χ0n) is 8.79. The largest absolute Gasteiger partial charge is 0.298 e. The summed E-state index contributed by atoms with van der Waals surface area (Å²) >= 11 is 0. The maximum absolute atomic E-state index is 10.8. The van der Waals surface area contributed by atoms with Crippen molar-refractivity contribution in [3.63, 3.8) is 0 Å². The number of hydrogen-bond acceptors (Lipinski definition) is 2. The first kappa shape index (κ1) is 10.4. The molecule has 1 aliphatic rings. The molecule has 1 fully saturated rings. The Bertz CT molecular complexity index is 190. The van der Waals surface area contributed by atoms with Gasteiger partial charge >= 0.3 is 0 Å². The summed E-state index contributed by atoms with van der Waals surface area (Å²) in [5.74, 6) is 5.18. The van der Waals surface area contributed by atoms with Crippen molar-refractivity contribution in [1.82, 2.24) is 4.90 Å². The summed E-state index contributed by atoms with van der Waals surface area (Å²) in [4.78, 5) is 13.8. The first-order valence-electron chi connectivity index (χ1n) is 4.87. The maximum Gasteiger partial charge on any atom is 0.236 e. The van der Waals surface area contributed by atoms with Crippen molar-refractivity contribution < 1.29 is 4.87 Å². The summed E-state index contributed by atoms with van der Waals surface area (Å²) in [6.45, 7) is 8.55. The van der Waals surface area contributed by atoms with Crippen molar-refractivity contribution in [1.29, 1.82) is 0 Å². The summed E-state index contributed by atoms with van der Waals surface area (Å²) in [6.07, 6.45) is 1.77. The number of hydrazine groups is 1. The third-order valence-electron chi connectivity index (χ3n) is 2.77. The van der Waals surface area contributed by atoms with Crippen LogP contribution in [0.15, 0.2) is 0 Å². The van der Waals surface area contributed by atoms with E-state index in [-0.39, 0.29) is 11.6 Å². The zero-order chi connectivity index (χ0) is 10.1. The van der Waals surface area contributed by atoms with Crippen LogP contribution in [0.5, 0.6) is 0 Å². The molecule has 4 heteroatoms. The molecule has 0 saturated carbocycles. The second-order valence-corrected chi connectivity index (χ2v) is 4.75. The Kier molecular flexibility index (Phi) is 2.91. The number of hydrogen-bond donors (Lipinski definition) is 1. The third kappa shape index (κ3) is 2.66. The fraction of sp³-hybridized carbons (Fsp3) is 1.00. The minimum absolute atomic E-state index is 0.0265. The summed E-state index contributed by atoms with van der Waals surface area (Å²) in [6, 6.07) is 0.0265. The molecule has 76 valence electrons. The Hall–Kier alpha value is -0.640. The molecule has 0 aromatic heterocycles. The van der Waals surface area contributed by atoms with Crippen LogP contribution in [0.1, 0.15) is 33.6 Å². The molecule has 0 aromatic carbocycles. The highest BCUT2D eigenvalue weighted by atomic mass is 16.3. The fourth-order valence-electron chi connectivity index (χ4n) is 1.79. The van der Waals surface area contributed by atoms with Crippen LogP contribution in [0, 0.1) is 4.91 Å². The van der Waals surface area contributed by atoms with E-state index < -0.39 is 0 Å². The molecule has 0 bridgehead atoms. The molecule has 13 heavy (non-hydrogen) atoms. The second-order valence-electron chi connectivity index (χ2n) is 4.75. The minimum Gasteiger partial charge on any atom is -0.298 e. The number of nitrogens with two attached hydrogens (primary N) is 1. The highest BCUT2D eigenvalue weighted by Gasteiger charge is 2.33. The zero-order valence-corrected chi connectivity index (χ0v) is 8.79. The van der Waals surface area contributed by atoms with Gasteiger partial charge in [-0.1, -0.05) is 0 Å². The van der Waals surface area contributed by atoms with Crippen molar-refractivity contribution in [2.45, 2.75) is 45.2 Å². The highest BCUT2D eigenvalue weighted by Crippen LogP contribution is 2.20. The fourth-order valence-corrected chi connectivity index (χ4v) is 1.79. The van der Waals surface area contributed by atoms with Crippen LogP contribution in [0.2, 0.25) is 0 Å². The molecule has 0 atom stereocenters. The third-order valence-corrected chi connectivity index (χ3v) is 2.77. The van der Waals surface area contributed by atoms with Crippen LogP contribution in [0.25, 0.3) is 0 Å². The lowest BCUT2D eigenvalue weighted by Crippen LogP contribution is -2.49. The first-order chi connectivity index (χ1) is 5.91. The first-order valence-corrected chi connectivity index (χ1v) is 4.87. The van der Waals surface area contributed by atoms with Gasteiger partial charge in [-0.3, -0.25) is 4.90 Å². The van der Waals surface area contributed by atoms with E-state index in [0.717, 1.165) is 25.9 Å². The van der Waals surface area contributed by atoms with Gasteiger partial charge in [-0.2, -0.15) is 5.84 Å². The molecule has 0 aromatic rings. The van der Waals surface area contributed by atoms with E-state index in [2.05, 4.69) is 25.7 Å². The number of likely N-dealkylation sites (tertiary alicyclic amines) is 1. The van der Waals surface area contributed by atoms with Crippen LogP contribution in [0.3, 0.4) is 0 Å². The van der Waals surface area contributed by atoms with Gasteiger partial charge in [0.1, 0.15) is 4.87 Å². The van der Waals surface area contributed by atoms with Gasteiger partial charge < -0.3 is 0 Å².